The third-order valence-corrected chi connectivity index (χ3v) is 4.44. The number of hydrogen-bond acceptors (Lipinski definition) is 2. The molecule has 5 nitrogen and oxygen atoms in total. The van der Waals surface area contributed by atoms with Crippen LogP contribution in [0.2, 0.25) is 0 Å². The summed E-state index contributed by atoms with van der Waals surface area (Å²) in [6.07, 6.45) is 1.89. The number of nitrogens with zero attached hydrogens (tertiary/aromatic N) is 1. The highest BCUT2D eigenvalue weighted by Gasteiger charge is 2.35. The van der Waals surface area contributed by atoms with E-state index in [0.717, 1.165) is 0 Å². The second-order valence-corrected chi connectivity index (χ2v) is 6.11. The first-order valence-corrected chi connectivity index (χ1v) is 7.51. The van der Waals surface area contributed by atoms with Gasteiger partial charge in [0.05, 0.1) is 5.92 Å². The van der Waals surface area contributed by atoms with Gasteiger partial charge in [-0.15, -0.1) is 0 Å². The van der Waals surface area contributed by atoms with E-state index in [9.17, 15) is 18.4 Å². The number of halogens is 2. The molecule has 1 saturated heterocycles. The number of hydrogen-bond donors (Lipinski definition) is 2. The van der Waals surface area contributed by atoms with Crippen LogP contribution >= 0.6 is 0 Å². The average molecular weight is 304 g/mol. The van der Waals surface area contributed by atoms with Gasteiger partial charge in [0.25, 0.3) is 0 Å². The van der Waals surface area contributed by atoms with Crippen LogP contribution in [0.4, 0.5) is 13.6 Å². The maximum atomic E-state index is 13.0. The fourth-order valence-corrected chi connectivity index (χ4v) is 3.01. The lowest BCUT2D eigenvalue weighted by Crippen LogP contribution is -2.48. The minimum Gasteiger partial charge on any atom is -0.481 e. The molecule has 1 unspecified atom stereocenters. The number of carbonyl (C=O) groups is 2. The second kappa shape index (κ2) is 6.58. The molecule has 0 aromatic rings. The van der Waals surface area contributed by atoms with Crippen molar-refractivity contribution in [1.29, 1.82) is 0 Å². The van der Waals surface area contributed by atoms with E-state index in [4.69, 9.17) is 5.11 Å². The molecule has 0 bridgehead atoms. The van der Waals surface area contributed by atoms with Gasteiger partial charge in [-0.2, -0.15) is 0 Å². The molecule has 2 fully saturated rings. The Morgan fingerprint density at radius 1 is 1.24 bits per heavy atom. The average Bonchev–Trinajstić information content (AvgIpc) is 2.46. The fraction of sp³-hybridized carbons (Fsp3) is 0.857. The number of amides is 2. The Balaban J connectivity index is 1.73. The summed E-state index contributed by atoms with van der Waals surface area (Å²) in [6, 6.07) is -0.279. The Morgan fingerprint density at radius 3 is 2.52 bits per heavy atom. The quantitative estimate of drug-likeness (QED) is 0.840. The number of carbonyl (C=O) groups excluding carboxylic acids is 1. The zero-order chi connectivity index (χ0) is 15.5. The van der Waals surface area contributed by atoms with Crippen LogP contribution in [0.15, 0.2) is 0 Å². The molecular weight excluding hydrogens is 282 g/mol. The molecule has 1 atom stereocenters. The van der Waals surface area contributed by atoms with Crippen LogP contribution in [0, 0.1) is 11.8 Å². The summed E-state index contributed by atoms with van der Waals surface area (Å²) in [5.41, 5.74) is 0. The molecule has 2 aliphatic rings. The van der Waals surface area contributed by atoms with Gasteiger partial charge in [-0.25, -0.2) is 13.6 Å². The molecule has 0 spiro atoms. The maximum absolute atomic E-state index is 13.0. The summed E-state index contributed by atoms with van der Waals surface area (Å²) in [5.74, 6) is -3.84. The molecule has 2 N–H and O–H groups in total. The highest BCUT2D eigenvalue weighted by Crippen LogP contribution is 2.35. The van der Waals surface area contributed by atoms with Gasteiger partial charge in [-0.1, -0.05) is 0 Å². The SMILES string of the molecule is O=C(O)C1CCCN(C(=O)NCC2CCC(F)(F)CC2)C1. The van der Waals surface area contributed by atoms with E-state index in [0.29, 0.717) is 38.8 Å². The Labute approximate surface area is 122 Å². The van der Waals surface area contributed by atoms with Crippen molar-refractivity contribution in [3.63, 3.8) is 0 Å². The Morgan fingerprint density at radius 2 is 1.90 bits per heavy atom. The summed E-state index contributed by atoms with van der Waals surface area (Å²) in [4.78, 5) is 24.5. The van der Waals surface area contributed by atoms with E-state index in [1.165, 1.54) is 4.90 Å². The summed E-state index contributed by atoms with van der Waals surface area (Å²) < 4.78 is 26.1. The summed E-state index contributed by atoms with van der Waals surface area (Å²) in [5, 5.41) is 11.7. The third kappa shape index (κ3) is 4.54. The lowest BCUT2D eigenvalue weighted by molar-refractivity contribution is -0.143. The maximum Gasteiger partial charge on any atom is 0.317 e. The highest BCUT2D eigenvalue weighted by atomic mass is 19.3. The van der Waals surface area contributed by atoms with E-state index in [-0.39, 0.29) is 31.3 Å². The van der Waals surface area contributed by atoms with E-state index in [1.54, 1.807) is 0 Å². The smallest absolute Gasteiger partial charge is 0.317 e. The Hall–Kier alpha value is -1.40. The van der Waals surface area contributed by atoms with E-state index < -0.39 is 17.8 Å². The number of aliphatic carboxylic acids is 1. The number of alkyl halides is 2. The minimum absolute atomic E-state index is 0.0913. The van der Waals surface area contributed by atoms with Crippen molar-refractivity contribution >= 4 is 12.0 Å². The molecule has 0 aromatic heterocycles. The first kappa shape index (κ1) is 16.0. The molecule has 21 heavy (non-hydrogen) atoms. The van der Waals surface area contributed by atoms with Gasteiger partial charge in [0, 0.05) is 32.5 Å². The van der Waals surface area contributed by atoms with Crippen molar-refractivity contribution in [2.75, 3.05) is 19.6 Å². The molecule has 120 valence electrons. The predicted molar refractivity (Wildman–Crippen MR) is 72.2 cm³/mol. The van der Waals surface area contributed by atoms with Gasteiger partial charge in [0.2, 0.25) is 5.92 Å². The van der Waals surface area contributed by atoms with Gasteiger partial charge in [0.1, 0.15) is 0 Å². The molecule has 1 heterocycles. The highest BCUT2D eigenvalue weighted by molar-refractivity contribution is 5.76. The standard InChI is InChI=1S/C14H22F2N2O3/c15-14(16)5-3-10(4-6-14)8-17-13(21)18-7-1-2-11(9-18)12(19)20/h10-11H,1-9H2,(H,17,21)(H,19,20). The zero-order valence-corrected chi connectivity index (χ0v) is 12.0. The van der Waals surface area contributed by atoms with Gasteiger partial charge in [-0.05, 0) is 31.6 Å². The number of carboxylic acids is 1. The molecule has 2 rings (SSSR count). The first-order chi connectivity index (χ1) is 9.87. The van der Waals surface area contributed by atoms with Crippen molar-refractivity contribution in [3.05, 3.63) is 0 Å². The van der Waals surface area contributed by atoms with Crippen LogP contribution in [0.1, 0.15) is 38.5 Å². The van der Waals surface area contributed by atoms with Crippen molar-refractivity contribution in [2.24, 2.45) is 11.8 Å². The van der Waals surface area contributed by atoms with Crippen LogP contribution in [0.25, 0.3) is 0 Å². The molecule has 1 aliphatic carbocycles. The van der Waals surface area contributed by atoms with Gasteiger partial charge in [0.15, 0.2) is 0 Å². The van der Waals surface area contributed by atoms with E-state index in [1.807, 2.05) is 0 Å². The monoisotopic (exact) mass is 304 g/mol. The van der Waals surface area contributed by atoms with Crippen molar-refractivity contribution in [1.82, 2.24) is 10.2 Å². The van der Waals surface area contributed by atoms with Crippen LogP contribution in [-0.2, 0) is 4.79 Å². The van der Waals surface area contributed by atoms with Crippen molar-refractivity contribution in [3.8, 4) is 0 Å². The number of likely N-dealkylation sites (tertiary alicyclic amines) is 1. The number of piperidine rings is 1. The lowest BCUT2D eigenvalue weighted by Gasteiger charge is -2.32. The summed E-state index contributed by atoms with van der Waals surface area (Å²) in [7, 11) is 0. The molecule has 7 heteroatoms. The first-order valence-electron chi connectivity index (χ1n) is 7.51. The van der Waals surface area contributed by atoms with Gasteiger partial charge < -0.3 is 15.3 Å². The van der Waals surface area contributed by atoms with Crippen LogP contribution in [-0.4, -0.2) is 47.6 Å². The second-order valence-electron chi connectivity index (χ2n) is 6.11. The summed E-state index contributed by atoms with van der Waals surface area (Å²) in [6.45, 7) is 1.17. The van der Waals surface area contributed by atoms with Crippen molar-refractivity contribution in [2.45, 2.75) is 44.4 Å². The predicted octanol–water partition coefficient (Wildman–Crippen LogP) is 2.32. The topological polar surface area (TPSA) is 69.6 Å². The van der Waals surface area contributed by atoms with E-state index >= 15 is 0 Å². The molecule has 0 aromatic carbocycles. The minimum atomic E-state index is -2.55. The Kier molecular flexibility index (Phi) is 5.00. The van der Waals surface area contributed by atoms with Crippen LogP contribution in [0.5, 0.6) is 0 Å². The molecule has 1 saturated carbocycles. The zero-order valence-electron chi connectivity index (χ0n) is 12.0. The number of nitrogens with one attached hydrogen (secondary N) is 1. The molecule has 0 radical (unpaired) electrons. The van der Waals surface area contributed by atoms with Crippen LogP contribution < -0.4 is 5.32 Å². The molecule has 2 amide bonds. The fourth-order valence-electron chi connectivity index (χ4n) is 3.01. The molecular formula is C14H22F2N2O3. The van der Waals surface area contributed by atoms with Gasteiger partial charge >= 0.3 is 12.0 Å². The molecule has 1 aliphatic heterocycles. The number of rotatable bonds is 3. The van der Waals surface area contributed by atoms with Gasteiger partial charge in [-0.3, -0.25) is 4.79 Å². The normalized spacial score (nSPS) is 26.4. The van der Waals surface area contributed by atoms with E-state index in [2.05, 4.69) is 5.32 Å². The van der Waals surface area contributed by atoms with Crippen LogP contribution in [0.3, 0.4) is 0 Å². The largest absolute Gasteiger partial charge is 0.481 e. The summed E-state index contributed by atoms with van der Waals surface area (Å²) >= 11 is 0. The van der Waals surface area contributed by atoms with Crippen molar-refractivity contribution < 1.29 is 23.5 Å². The number of carboxylic acid groups (broad SMARTS) is 1. The Bertz CT molecular complexity index is 394. The number of urea groups is 1. The lowest BCUT2D eigenvalue weighted by atomic mass is 9.87. The third-order valence-electron chi connectivity index (χ3n) is 4.44.